The maximum atomic E-state index is 10.9. The van der Waals surface area contributed by atoms with Crippen LogP contribution in [0.5, 0.6) is 0 Å². The van der Waals surface area contributed by atoms with Gasteiger partial charge < -0.3 is 9.05 Å². The molecule has 0 rings (SSSR count). The molecule has 0 fully saturated rings. The third kappa shape index (κ3) is 6.48. The van der Waals surface area contributed by atoms with E-state index in [-0.39, 0.29) is 22.0 Å². The van der Waals surface area contributed by atoms with Crippen LogP contribution < -0.4 is 5.50 Å². The standard InChI is InChI=1S/C2H2Cl2NO5PS2/c3-12-1(6)9-11(5,8)10-2(7)13-4/h(H2,5,8). The minimum atomic E-state index is -4.25. The lowest BCUT2D eigenvalue weighted by atomic mass is 11.6. The maximum Gasteiger partial charge on any atom is 0.515 e. The average molecular weight is 286 g/mol. The van der Waals surface area contributed by atoms with Crippen LogP contribution in [0.2, 0.25) is 0 Å². The molecule has 0 bridgehead atoms. The second-order valence-electron chi connectivity index (χ2n) is 1.38. The molecule has 11 heteroatoms. The molecule has 0 heterocycles. The van der Waals surface area contributed by atoms with Crippen LogP contribution in [0.25, 0.3) is 0 Å². The largest absolute Gasteiger partial charge is 0.515 e. The van der Waals surface area contributed by atoms with Crippen molar-refractivity contribution in [2.45, 2.75) is 0 Å². The molecule has 0 aromatic carbocycles. The van der Waals surface area contributed by atoms with Crippen LogP contribution in [0.1, 0.15) is 0 Å². The molecule has 0 spiro atoms. The lowest BCUT2D eigenvalue weighted by Gasteiger charge is -2.09. The number of hydrogen-bond acceptors (Lipinski definition) is 7. The van der Waals surface area contributed by atoms with Crippen LogP contribution in [0, 0.1) is 0 Å². The Kier molecular flexibility index (Phi) is 6.19. The molecule has 0 atom stereocenters. The monoisotopic (exact) mass is 285 g/mol. The van der Waals surface area contributed by atoms with Gasteiger partial charge in [0.2, 0.25) is 0 Å². The molecule has 0 amide bonds. The van der Waals surface area contributed by atoms with Gasteiger partial charge in [0.25, 0.3) is 0 Å². The first kappa shape index (κ1) is 13.4. The summed E-state index contributed by atoms with van der Waals surface area (Å²) < 4.78 is 18.8. The lowest BCUT2D eigenvalue weighted by molar-refractivity contribution is 0.204. The number of nitrogens with two attached hydrogens (primary N) is 1. The minimum Gasteiger partial charge on any atom is -0.362 e. The molecular weight excluding hydrogens is 284 g/mol. The van der Waals surface area contributed by atoms with Crippen molar-refractivity contribution in [3.8, 4) is 0 Å². The van der Waals surface area contributed by atoms with Gasteiger partial charge >= 0.3 is 18.3 Å². The molecular formula is C2H2Cl2NO5PS2. The topological polar surface area (TPSA) is 95.7 Å². The molecule has 76 valence electrons. The van der Waals surface area contributed by atoms with Gasteiger partial charge in [-0.1, -0.05) is 0 Å². The second kappa shape index (κ2) is 6.00. The molecule has 13 heavy (non-hydrogen) atoms. The Morgan fingerprint density at radius 1 is 1.15 bits per heavy atom. The highest BCUT2D eigenvalue weighted by molar-refractivity contribution is 8.33. The van der Waals surface area contributed by atoms with E-state index in [0.29, 0.717) is 0 Å². The van der Waals surface area contributed by atoms with Crippen molar-refractivity contribution in [1.29, 1.82) is 0 Å². The Labute approximate surface area is 90.4 Å². The molecule has 0 aliphatic rings. The fraction of sp³-hybridized carbons (Fsp3) is 0. The van der Waals surface area contributed by atoms with Crippen LogP contribution in [-0.2, 0) is 13.6 Å². The summed E-state index contributed by atoms with van der Waals surface area (Å²) in [7, 11) is 5.83. The van der Waals surface area contributed by atoms with Gasteiger partial charge in [-0.15, -0.1) is 0 Å². The molecule has 0 saturated carbocycles. The zero-order valence-electron chi connectivity index (χ0n) is 5.64. The predicted molar refractivity (Wildman–Crippen MR) is 51.6 cm³/mol. The van der Waals surface area contributed by atoms with E-state index in [9.17, 15) is 14.2 Å². The van der Waals surface area contributed by atoms with Crippen LogP contribution >= 0.6 is 51.1 Å². The van der Waals surface area contributed by atoms with E-state index < -0.39 is 18.3 Å². The van der Waals surface area contributed by atoms with Crippen LogP contribution in [0.4, 0.5) is 9.59 Å². The predicted octanol–water partition coefficient (Wildman–Crippen LogP) is 3.10. The lowest BCUT2D eigenvalue weighted by Crippen LogP contribution is -2.07. The van der Waals surface area contributed by atoms with E-state index in [1.807, 2.05) is 0 Å². The fourth-order valence-corrected chi connectivity index (χ4v) is 2.06. The Hall–Kier alpha value is 0.410. The Balaban J connectivity index is 4.16. The van der Waals surface area contributed by atoms with E-state index in [0.717, 1.165) is 0 Å². The fourth-order valence-electron chi connectivity index (χ4n) is 0.255. The normalized spacial score (nSPS) is 10.7. The Bertz CT molecular complexity index is 239. The first-order valence-electron chi connectivity index (χ1n) is 2.34. The van der Waals surface area contributed by atoms with Crippen LogP contribution in [0.3, 0.4) is 0 Å². The van der Waals surface area contributed by atoms with Crippen molar-refractivity contribution >= 4 is 61.7 Å². The van der Waals surface area contributed by atoms with Crippen molar-refractivity contribution in [2.75, 3.05) is 0 Å². The summed E-state index contributed by atoms with van der Waals surface area (Å²) in [6.07, 6.45) is 0. The average Bonchev–Trinajstić information content (AvgIpc) is 2.02. The molecule has 2 N–H and O–H groups in total. The van der Waals surface area contributed by atoms with Gasteiger partial charge in [0.05, 0.1) is 22.0 Å². The van der Waals surface area contributed by atoms with Crippen molar-refractivity contribution in [1.82, 2.24) is 0 Å². The van der Waals surface area contributed by atoms with Crippen molar-refractivity contribution in [2.24, 2.45) is 5.50 Å². The number of halogens is 2. The van der Waals surface area contributed by atoms with Crippen LogP contribution in [-0.4, -0.2) is 10.6 Å². The molecule has 0 saturated heterocycles. The first-order valence-corrected chi connectivity index (χ1v) is 7.24. The van der Waals surface area contributed by atoms with Gasteiger partial charge in [-0.05, 0) is 21.4 Å². The number of carbonyl (C=O) groups excluding carboxylic acids is 2. The van der Waals surface area contributed by atoms with Crippen molar-refractivity contribution in [3.63, 3.8) is 0 Å². The van der Waals surface area contributed by atoms with Gasteiger partial charge in [0.15, 0.2) is 0 Å². The SMILES string of the molecule is NP(=O)(OC(=O)SCl)OC(=O)SCl. The second-order valence-corrected chi connectivity index (χ2v) is 4.72. The molecule has 0 aliphatic carbocycles. The molecule has 0 aromatic rings. The Morgan fingerprint density at radius 2 is 1.46 bits per heavy atom. The van der Waals surface area contributed by atoms with Gasteiger partial charge in [-0.2, -0.15) is 0 Å². The summed E-state index contributed by atoms with van der Waals surface area (Å²) in [5, 5.41) is -2.28. The molecule has 0 radical (unpaired) electrons. The molecule has 6 nitrogen and oxygen atoms in total. The summed E-state index contributed by atoms with van der Waals surface area (Å²) in [6, 6.07) is 0. The first-order chi connectivity index (χ1) is 5.91. The third-order valence-electron chi connectivity index (χ3n) is 0.530. The van der Waals surface area contributed by atoms with Gasteiger partial charge in [0, 0.05) is 0 Å². The smallest absolute Gasteiger partial charge is 0.362 e. The van der Waals surface area contributed by atoms with E-state index in [1.165, 1.54) is 0 Å². The van der Waals surface area contributed by atoms with Gasteiger partial charge in [-0.3, -0.25) is 0 Å². The van der Waals surface area contributed by atoms with E-state index in [4.69, 9.17) is 26.9 Å². The number of rotatable bonds is 2. The molecule has 0 aromatic heterocycles. The van der Waals surface area contributed by atoms with E-state index in [2.05, 4.69) is 9.05 Å². The van der Waals surface area contributed by atoms with Gasteiger partial charge in [0.1, 0.15) is 0 Å². The van der Waals surface area contributed by atoms with E-state index in [1.54, 1.807) is 0 Å². The highest BCUT2D eigenvalue weighted by Gasteiger charge is 2.28. The minimum absolute atomic E-state index is 0.114. The summed E-state index contributed by atoms with van der Waals surface area (Å²) >= 11 is 0. The number of carbonyl (C=O) groups is 2. The summed E-state index contributed by atoms with van der Waals surface area (Å²) in [5.41, 5.74) is 4.80. The van der Waals surface area contributed by atoms with Gasteiger partial charge in [-0.25, -0.2) is 19.7 Å². The van der Waals surface area contributed by atoms with Crippen molar-refractivity contribution < 1.29 is 23.2 Å². The molecule has 0 aliphatic heterocycles. The van der Waals surface area contributed by atoms with Crippen molar-refractivity contribution in [3.05, 3.63) is 0 Å². The third-order valence-corrected chi connectivity index (χ3v) is 2.79. The summed E-state index contributed by atoms with van der Waals surface area (Å²) in [6.45, 7) is 0. The molecule has 0 unspecified atom stereocenters. The van der Waals surface area contributed by atoms with E-state index >= 15 is 0 Å². The summed E-state index contributed by atoms with van der Waals surface area (Å²) in [4.78, 5) is 20.8. The zero-order chi connectivity index (χ0) is 10.5. The van der Waals surface area contributed by atoms with Crippen LogP contribution in [0.15, 0.2) is 0 Å². The summed E-state index contributed by atoms with van der Waals surface area (Å²) in [5.74, 6) is 0. The maximum absolute atomic E-state index is 10.9. The highest BCUT2D eigenvalue weighted by atomic mass is 35.7. The number of hydrogen-bond donors (Lipinski definition) is 1. The zero-order valence-corrected chi connectivity index (χ0v) is 9.68. The Morgan fingerprint density at radius 3 is 1.69 bits per heavy atom. The quantitative estimate of drug-likeness (QED) is 0.773. The highest BCUT2D eigenvalue weighted by Crippen LogP contribution is 2.43.